The van der Waals surface area contributed by atoms with Gasteiger partial charge in [0.1, 0.15) is 12.4 Å². The third kappa shape index (κ3) is 8.23. The van der Waals surface area contributed by atoms with Gasteiger partial charge in [-0.3, -0.25) is 10.4 Å². The summed E-state index contributed by atoms with van der Waals surface area (Å²) in [6.45, 7) is 11.9. The molecule has 27 heavy (non-hydrogen) atoms. The number of amides is 1. The number of nitrogens with zero attached hydrogens (tertiary/aromatic N) is 1. The van der Waals surface area contributed by atoms with Crippen LogP contribution in [0.2, 0.25) is 0 Å². The molecule has 5 nitrogen and oxygen atoms in total. The van der Waals surface area contributed by atoms with Gasteiger partial charge in [0.25, 0.3) is 0 Å². The minimum Gasteiger partial charge on any atom is -0.444 e. The van der Waals surface area contributed by atoms with Crippen molar-refractivity contribution in [3.8, 4) is 0 Å². The number of aromatic nitrogens is 2. The SMILES string of the molecule is C=C(C)/C=C\C(=C/CC)c1cn[nH]c1NC(=O)OCC(/C=C\C)=C/C=C\C. The zero-order valence-corrected chi connectivity index (χ0v) is 16.6. The van der Waals surface area contributed by atoms with E-state index in [0.29, 0.717) is 5.82 Å². The average molecular weight is 367 g/mol. The lowest BCUT2D eigenvalue weighted by molar-refractivity contribution is 0.172. The molecule has 0 aliphatic rings. The van der Waals surface area contributed by atoms with Crippen molar-refractivity contribution in [1.82, 2.24) is 10.2 Å². The van der Waals surface area contributed by atoms with E-state index in [9.17, 15) is 4.79 Å². The molecule has 0 spiro atoms. The van der Waals surface area contributed by atoms with Gasteiger partial charge in [-0.25, -0.2) is 4.79 Å². The lowest BCUT2D eigenvalue weighted by Crippen LogP contribution is -2.16. The summed E-state index contributed by atoms with van der Waals surface area (Å²) in [6.07, 6.45) is 17.5. The normalized spacial score (nSPS) is 13.0. The first-order valence-electron chi connectivity index (χ1n) is 8.97. The third-order valence-electron chi connectivity index (χ3n) is 3.40. The fourth-order valence-corrected chi connectivity index (χ4v) is 2.19. The molecule has 0 unspecified atom stereocenters. The highest BCUT2D eigenvalue weighted by Gasteiger charge is 2.12. The molecule has 0 aromatic carbocycles. The van der Waals surface area contributed by atoms with E-state index in [2.05, 4.69) is 35.1 Å². The van der Waals surface area contributed by atoms with E-state index in [0.717, 1.165) is 28.7 Å². The average Bonchev–Trinajstić information content (AvgIpc) is 3.08. The lowest BCUT2D eigenvalue weighted by Gasteiger charge is -2.08. The predicted octanol–water partition coefficient (Wildman–Crippen LogP) is 5.96. The van der Waals surface area contributed by atoms with Crippen LogP contribution in [-0.2, 0) is 4.74 Å². The molecule has 0 bridgehead atoms. The number of ether oxygens (including phenoxy) is 1. The topological polar surface area (TPSA) is 67.0 Å². The van der Waals surface area contributed by atoms with Crippen molar-refractivity contribution in [2.75, 3.05) is 11.9 Å². The van der Waals surface area contributed by atoms with Crippen molar-refractivity contribution in [1.29, 1.82) is 0 Å². The van der Waals surface area contributed by atoms with E-state index in [4.69, 9.17) is 4.74 Å². The Morgan fingerprint density at radius 3 is 2.70 bits per heavy atom. The van der Waals surface area contributed by atoms with Gasteiger partial charge in [0.2, 0.25) is 0 Å². The standard InChI is InChI=1S/C22H29N3O2/c1-6-9-12-18(10-7-2)16-27-22(26)24-21-20(15-23-25-21)19(11-8-3)14-13-17(4)5/h6-7,9-15H,4,8,16H2,1-3,5H3,(H2,23,24,25,26)/b9-6-,10-7-,14-13-,18-12+,19-11+. The van der Waals surface area contributed by atoms with Crippen LogP contribution in [0.25, 0.3) is 5.57 Å². The second-order valence-electron chi connectivity index (χ2n) is 5.87. The van der Waals surface area contributed by atoms with Crippen LogP contribution >= 0.6 is 0 Å². The zero-order chi connectivity index (χ0) is 20.1. The minimum atomic E-state index is -0.545. The van der Waals surface area contributed by atoms with Gasteiger partial charge >= 0.3 is 6.09 Å². The Hall–Kier alpha value is -3.08. The molecule has 2 N–H and O–H groups in total. The zero-order valence-electron chi connectivity index (χ0n) is 16.6. The summed E-state index contributed by atoms with van der Waals surface area (Å²) in [5, 5.41) is 9.58. The molecule has 1 heterocycles. The smallest absolute Gasteiger partial charge is 0.413 e. The number of aromatic amines is 1. The Morgan fingerprint density at radius 2 is 2.07 bits per heavy atom. The van der Waals surface area contributed by atoms with E-state index in [-0.39, 0.29) is 6.61 Å². The fraction of sp³-hybridized carbons (Fsp3) is 0.273. The molecular weight excluding hydrogens is 338 g/mol. The molecule has 0 aliphatic carbocycles. The Balaban J connectivity index is 2.85. The molecule has 5 heteroatoms. The summed E-state index contributed by atoms with van der Waals surface area (Å²) in [5.41, 5.74) is 3.59. The van der Waals surface area contributed by atoms with Crippen LogP contribution in [0, 0.1) is 0 Å². The summed E-state index contributed by atoms with van der Waals surface area (Å²) in [4.78, 5) is 12.2. The molecule has 0 radical (unpaired) electrons. The second kappa shape index (κ2) is 12.3. The van der Waals surface area contributed by atoms with E-state index in [1.165, 1.54) is 0 Å². The summed E-state index contributed by atoms with van der Waals surface area (Å²) in [5.74, 6) is 0.496. The number of hydrogen-bond acceptors (Lipinski definition) is 3. The largest absolute Gasteiger partial charge is 0.444 e. The van der Waals surface area contributed by atoms with Gasteiger partial charge in [-0.2, -0.15) is 5.10 Å². The van der Waals surface area contributed by atoms with Crippen molar-refractivity contribution in [2.45, 2.75) is 34.1 Å². The molecule has 1 amide bonds. The first-order chi connectivity index (χ1) is 13.0. The maximum atomic E-state index is 12.2. The second-order valence-corrected chi connectivity index (χ2v) is 5.87. The molecule has 0 aliphatic heterocycles. The van der Waals surface area contributed by atoms with Crippen LogP contribution in [0.3, 0.4) is 0 Å². The van der Waals surface area contributed by atoms with Gasteiger partial charge in [0.05, 0.1) is 6.20 Å². The highest BCUT2D eigenvalue weighted by molar-refractivity contribution is 5.90. The van der Waals surface area contributed by atoms with Crippen LogP contribution in [0.5, 0.6) is 0 Å². The summed E-state index contributed by atoms with van der Waals surface area (Å²) in [7, 11) is 0. The number of anilines is 1. The number of carbonyl (C=O) groups is 1. The van der Waals surface area contributed by atoms with Gasteiger partial charge in [-0.05, 0) is 38.3 Å². The number of rotatable bonds is 9. The molecule has 0 saturated heterocycles. The van der Waals surface area contributed by atoms with Crippen LogP contribution < -0.4 is 5.32 Å². The number of allylic oxidation sites excluding steroid dienone is 9. The maximum Gasteiger partial charge on any atom is 0.413 e. The van der Waals surface area contributed by atoms with Crippen molar-refractivity contribution < 1.29 is 9.53 Å². The van der Waals surface area contributed by atoms with Crippen molar-refractivity contribution in [3.05, 3.63) is 78.1 Å². The number of hydrogen-bond donors (Lipinski definition) is 2. The summed E-state index contributed by atoms with van der Waals surface area (Å²) in [6, 6.07) is 0. The van der Waals surface area contributed by atoms with Crippen molar-refractivity contribution in [2.24, 2.45) is 0 Å². The first kappa shape index (κ1) is 22.0. The van der Waals surface area contributed by atoms with Crippen LogP contribution in [0.15, 0.2) is 72.5 Å². The monoisotopic (exact) mass is 367 g/mol. The first-order valence-corrected chi connectivity index (χ1v) is 8.97. The van der Waals surface area contributed by atoms with Gasteiger partial charge < -0.3 is 4.74 Å². The molecule has 1 rings (SSSR count). The number of carbonyl (C=O) groups excluding carboxylic acids is 1. The van der Waals surface area contributed by atoms with Crippen LogP contribution in [0.4, 0.5) is 10.6 Å². The summed E-state index contributed by atoms with van der Waals surface area (Å²) >= 11 is 0. The number of nitrogens with one attached hydrogen (secondary N) is 2. The third-order valence-corrected chi connectivity index (χ3v) is 3.40. The maximum absolute atomic E-state index is 12.2. The van der Waals surface area contributed by atoms with Gasteiger partial charge in [0.15, 0.2) is 0 Å². The van der Waals surface area contributed by atoms with Crippen molar-refractivity contribution in [3.63, 3.8) is 0 Å². The van der Waals surface area contributed by atoms with Crippen LogP contribution in [-0.4, -0.2) is 22.9 Å². The lowest BCUT2D eigenvalue weighted by atomic mass is 10.1. The Kier molecular flexibility index (Phi) is 10.0. The van der Waals surface area contributed by atoms with Crippen molar-refractivity contribution >= 4 is 17.5 Å². The fourth-order valence-electron chi connectivity index (χ4n) is 2.19. The highest BCUT2D eigenvalue weighted by atomic mass is 16.5. The van der Waals surface area contributed by atoms with E-state index >= 15 is 0 Å². The Morgan fingerprint density at radius 1 is 1.30 bits per heavy atom. The predicted molar refractivity (Wildman–Crippen MR) is 113 cm³/mol. The number of H-pyrrole nitrogens is 1. The Labute approximate surface area is 161 Å². The molecule has 1 aromatic heterocycles. The molecule has 0 atom stereocenters. The molecule has 1 aromatic rings. The van der Waals surface area contributed by atoms with Gasteiger partial charge in [-0.15, -0.1) is 0 Å². The van der Waals surface area contributed by atoms with E-state index in [1.807, 2.05) is 63.3 Å². The Bertz CT molecular complexity index is 777. The minimum absolute atomic E-state index is 0.178. The van der Waals surface area contributed by atoms with E-state index in [1.54, 1.807) is 6.20 Å². The quantitative estimate of drug-likeness (QED) is 0.529. The molecule has 0 fully saturated rings. The highest BCUT2D eigenvalue weighted by Crippen LogP contribution is 2.24. The molecule has 144 valence electrons. The van der Waals surface area contributed by atoms with Crippen LogP contribution in [0.1, 0.15) is 39.7 Å². The molecular formula is C22H29N3O2. The summed E-state index contributed by atoms with van der Waals surface area (Å²) < 4.78 is 5.32. The van der Waals surface area contributed by atoms with Gasteiger partial charge in [-0.1, -0.05) is 67.7 Å². The molecule has 0 saturated carbocycles. The van der Waals surface area contributed by atoms with Gasteiger partial charge in [0, 0.05) is 5.56 Å². The van der Waals surface area contributed by atoms with E-state index < -0.39 is 6.09 Å².